The molecule has 1 aliphatic heterocycles. The van der Waals surface area contributed by atoms with E-state index in [2.05, 4.69) is 10.6 Å². The van der Waals surface area contributed by atoms with Crippen molar-refractivity contribution >= 4 is 35.4 Å². The van der Waals surface area contributed by atoms with Crippen molar-refractivity contribution in [3.8, 4) is 0 Å². The van der Waals surface area contributed by atoms with Gasteiger partial charge in [-0.25, -0.2) is 4.79 Å². The fourth-order valence-electron chi connectivity index (χ4n) is 3.99. The number of rotatable bonds is 6. The zero-order valence-electron chi connectivity index (χ0n) is 17.1. The van der Waals surface area contributed by atoms with Crippen LogP contribution in [-0.2, 0) is 25.7 Å². The van der Waals surface area contributed by atoms with Gasteiger partial charge >= 0.3 is 12.0 Å². The third kappa shape index (κ3) is 4.59. The SMILES string of the molecule is CC(OC(=O)CN1C(=O)NC2(CCCCC2C)C1=O)C(=O)NCc1ccc(Cl)cc1. The van der Waals surface area contributed by atoms with E-state index in [4.69, 9.17) is 16.3 Å². The molecule has 1 spiro atoms. The molecule has 4 amide bonds. The monoisotopic (exact) mass is 435 g/mol. The highest BCUT2D eigenvalue weighted by Gasteiger charge is 2.55. The number of nitrogens with zero attached hydrogens (tertiary/aromatic N) is 1. The van der Waals surface area contributed by atoms with Crippen LogP contribution in [0, 0.1) is 5.92 Å². The summed E-state index contributed by atoms with van der Waals surface area (Å²) in [4.78, 5) is 50.6. The van der Waals surface area contributed by atoms with Gasteiger partial charge in [0.1, 0.15) is 12.1 Å². The minimum Gasteiger partial charge on any atom is -0.451 e. The molecule has 1 aromatic carbocycles. The second kappa shape index (κ2) is 9.04. The topological polar surface area (TPSA) is 105 Å². The van der Waals surface area contributed by atoms with Gasteiger partial charge in [-0.1, -0.05) is 43.5 Å². The minimum absolute atomic E-state index is 0.00119. The van der Waals surface area contributed by atoms with Gasteiger partial charge in [-0.2, -0.15) is 0 Å². The molecule has 1 saturated carbocycles. The third-order valence-corrected chi connectivity index (χ3v) is 6.10. The van der Waals surface area contributed by atoms with Crippen LogP contribution in [0.15, 0.2) is 24.3 Å². The number of ether oxygens (including phenoxy) is 1. The molecule has 1 aliphatic carbocycles. The molecule has 0 bridgehead atoms. The highest BCUT2D eigenvalue weighted by atomic mass is 35.5. The summed E-state index contributed by atoms with van der Waals surface area (Å²) in [7, 11) is 0. The van der Waals surface area contributed by atoms with Crippen LogP contribution in [0.3, 0.4) is 0 Å². The molecule has 2 N–H and O–H groups in total. The van der Waals surface area contributed by atoms with E-state index in [9.17, 15) is 19.2 Å². The van der Waals surface area contributed by atoms with Gasteiger partial charge in [0.25, 0.3) is 11.8 Å². The molecule has 8 nitrogen and oxygen atoms in total. The zero-order valence-corrected chi connectivity index (χ0v) is 17.8. The van der Waals surface area contributed by atoms with Crippen molar-refractivity contribution < 1.29 is 23.9 Å². The van der Waals surface area contributed by atoms with Crippen molar-refractivity contribution in [3.63, 3.8) is 0 Å². The Morgan fingerprint density at radius 3 is 2.67 bits per heavy atom. The number of urea groups is 1. The van der Waals surface area contributed by atoms with Gasteiger partial charge in [-0.05, 0) is 43.4 Å². The lowest BCUT2D eigenvalue weighted by atomic mass is 9.73. The van der Waals surface area contributed by atoms with Gasteiger partial charge in [-0.3, -0.25) is 19.3 Å². The summed E-state index contributed by atoms with van der Waals surface area (Å²) in [6.45, 7) is 3.11. The Morgan fingerprint density at radius 2 is 2.00 bits per heavy atom. The van der Waals surface area contributed by atoms with Gasteiger partial charge in [0.2, 0.25) is 0 Å². The van der Waals surface area contributed by atoms with Crippen molar-refractivity contribution in [2.45, 2.75) is 57.7 Å². The van der Waals surface area contributed by atoms with Gasteiger partial charge in [0.15, 0.2) is 6.10 Å². The van der Waals surface area contributed by atoms with E-state index >= 15 is 0 Å². The first-order valence-electron chi connectivity index (χ1n) is 10.1. The number of benzene rings is 1. The summed E-state index contributed by atoms with van der Waals surface area (Å²) in [5.74, 6) is -1.68. The first kappa shape index (κ1) is 22.1. The Kier molecular flexibility index (Phi) is 6.65. The Morgan fingerprint density at radius 1 is 1.30 bits per heavy atom. The quantitative estimate of drug-likeness (QED) is 0.527. The normalized spacial score (nSPS) is 24.5. The molecule has 1 heterocycles. The maximum Gasteiger partial charge on any atom is 0.327 e. The zero-order chi connectivity index (χ0) is 21.9. The van der Waals surface area contributed by atoms with Crippen LogP contribution in [0.5, 0.6) is 0 Å². The van der Waals surface area contributed by atoms with E-state index in [1.807, 2.05) is 6.92 Å². The summed E-state index contributed by atoms with van der Waals surface area (Å²) in [5.41, 5.74) is -0.0884. The Hall–Kier alpha value is -2.61. The predicted octanol–water partition coefficient (Wildman–Crippen LogP) is 2.39. The largest absolute Gasteiger partial charge is 0.451 e. The number of carbonyl (C=O) groups is 4. The van der Waals surface area contributed by atoms with E-state index in [1.54, 1.807) is 24.3 Å². The van der Waals surface area contributed by atoms with Crippen molar-refractivity contribution in [2.75, 3.05) is 6.54 Å². The van der Waals surface area contributed by atoms with Gasteiger partial charge in [0.05, 0.1) is 0 Å². The number of halogens is 1. The van der Waals surface area contributed by atoms with E-state index in [0.29, 0.717) is 11.4 Å². The molecule has 9 heteroatoms. The lowest BCUT2D eigenvalue weighted by molar-refractivity contribution is -0.157. The molecular weight excluding hydrogens is 410 g/mol. The molecule has 3 rings (SSSR count). The second-order valence-electron chi connectivity index (χ2n) is 7.92. The van der Waals surface area contributed by atoms with Crippen LogP contribution in [-0.4, -0.2) is 46.9 Å². The molecule has 1 saturated heterocycles. The van der Waals surface area contributed by atoms with Crippen LogP contribution in [0.1, 0.15) is 45.1 Å². The molecule has 2 fully saturated rings. The van der Waals surface area contributed by atoms with E-state index < -0.39 is 42.0 Å². The second-order valence-corrected chi connectivity index (χ2v) is 8.35. The van der Waals surface area contributed by atoms with E-state index in [-0.39, 0.29) is 12.5 Å². The van der Waals surface area contributed by atoms with Crippen LogP contribution in [0.25, 0.3) is 0 Å². The van der Waals surface area contributed by atoms with Gasteiger partial charge in [-0.15, -0.1) is 0 Å². The molecular formula is C21H26ClN3O5. The average Bonchev–Trinajstić information content (AvgIpc) is 2.94. The summed E-state index contributed by atoms with van der Waals surface area (Å²) in [5, 5.41) is 6.05. The summed E-state index contributed by atoms with van der Waals surface area (Å²) < 4.78 is 5.13. The molecule has 0 aromatic heterocycles. The molecule has 2 aliphatic rings. The van der Waals surface area contributed by atoms with Crippen molar-refractivity contribution in [1.29, 1.82) is 0 Å². The average molecular weight is 436 g/mol. The first-order chi connectivity index (χ1) is 14.2. The maximum atomic E-state index is 12.9. The molecule has 162 valence electrons. The fourth-order valence-corrected chi connectivity index (χ4v) is 4.12. The molecule has 3 unspecified atom stereocenters. The van der Waals surface area contributed by atoms with E-state index in [1.165, 1.54) is 6.92 Å². The summed E-state index contributed by atoms with van der Waals surface area (Å²) in [6, 6.07) is 6.39. The third-order valence-electron chi connectivity index (χ3n) is 5.85. The Labute approximate surface area is 180 Å². The summed E-state index contributed by atoms with van der Waals surface area (Å²) >= 11 is 5.83. The smallest absolute Gasteiger partial charge is 0.327 e. The van der Waals surface area contributed by atoms with E-state index in [0.717, 1.165) is 29.7 Å². The minimum atomic E-state index is -1.06. The number of carbonyl (C=O) groups excluding carboxylic acids is 4. The first-order valence-corrected chi connectivity index (χ1v) is 10.5. The van der Waals surface area contributed by atoms with Crippen LogP contribution >= 0.6 is 11.6 Å². The highest BCUT2D eigenvalue weighted by molar-refractivity contribution is 6.30. The van der Waals surface area contributed by atoms with Crippen molar-refractivity contribution in [3.05, 3.63) is 34.9 Å². The molecule has 1 aromatic rings. The lowest BCUT2D eigenvalue weighted by Gasteiger charge is -2.36. The standard InChI is InChI=1S/C21H26ClN3O5/c1-13-5-3-4-10-21(13)19(28)25(20(29)24-21)12-17(26)30-14(2)18(27)23-11-15-6-8-16(22)9-7-15/h6-9,13-14H,3-5,10-12H2,1-2H3,(H,23,27)(H,24,29). The molecule has 0 radical (unpaired) electrons. The number of amides is 4. The fraction of sp³-hybridized carbons (Fsp3) is 0.524. The maximum absolute atomic E-state index is 12.9. The van der Waals surface area contributed by atoms with Crippen LogP contribution in [0.2, 0.25) is 5.02 Å². The lowest BCUT2D eigenvalue weighted by Crippen LogP contribution is -2.54. The van der Waals surface area contributed by atoms with Crippen molar-refractivity contribution in [1.82, 2.24) is 15.5 Å². The predicted molar refractivity (Wildman–Crippen MR) is 109 cm³/mol. The Bertz CT molecular complexity index is 844. The number of hydrogen-bond acceptors (Lipinski definition) is 5. The Balaban J connectivity index is 1.51. The number of imide groups is 1. The number of esters is 1. The van der Waals surface area contributed by atoms with Crippen LogP contribution < -0.4 is 10.6 Å². The van der Waals surface area contributed by atoms with Gasteiger partial charge < -0.3 is 15.4 Å². The highest BCUT2D eigenvalue weighted by Crippen LogP contribution is 2.38. The summed E-state index contributed by atoms with van der Waals surface area (Å²) in [6.07, 6.45) is 2.20. The van der Waals surface area contributed by atoms with Crippen LogP contribution in [0.4, 0.5) is 4.79 Å². The molecule has 30 heavy (non-hydrogen) atoms. The number of nitrogens with one attached hydrogen (secondary N) is 2. The van der Waals surface area contributed by atoms with Gasteiger partial charge in [0, 0.05) is 11.6 Å². The number of hydrogen-bond donors (Lipinski definition) is 2. The van der Waals surface area contributed by atoms with Crippen molar-refractivity contribution in [2.24, 2.45) is 5.92 Å². The molecule has 3 atom stereocenters.